The summed E-state index contributed by atoms with van der Waals surface area (Å²) < 4.78 is 0. The second-order valence-electron chi connectivity index (χ2n) is 4.31. The van der Waals surface area contributed by atoms with E-state index in [1.807, 2.05) is 6.92 Å². The number of nitro groups is 1. The van der Waals surface area contributed by atoms with Crippen LogP contribution in [-0.4, -0.2) is 10.7 Å². The molecule has 0 saturated heterocycles. The molecule has 0 spiro atoms. The van der Waals surface area contributed by atoms with Gasteiger partial charge in [-0.3, -0.25) is 14.9 Å². The van der Waals surface area contributed by atoms with E-state index in [2.05, 4.69) is 0 Å². The molecular formula is C12H13NO3. The van der Waals surface area contributed by atoms with E-state index < -0.39 is 4.92 Å². The highest BCUT2D eigenvalue weighted by Crippen LogP contribution is 2.32. The fourth-order valence-corrected chi connectivity index (χ4v) is 1.77. The predicted octanol–water partition coefficient (Wildman–Crippen LogP) is 2.42. The maximum absolute atomic E-state index is 11.6. The molecule has 1 aliphatic carbocycles. The Bertz CT molecular complexity index is 450. The Morgan fingerprint density at radius 3 is 2.75 bits per heavy atom. The normalized spacial score (nSPS) is 14.8. The summed E-state index contributed by atoms with van der Waals surface area (Å²) >= 11 is 0. The van der Waals surface area contributed by atoms with Gasteiger partial charge in [-0.25, -0.2) is 0 Å². The number of rotatable bonds is 4. The van der Waals surface area contributed by atoms with Crippen LogP contribution in [0.2, 0.25) is 0 Å². The summed E-state index contributed by atoms with van der Waals surface area (Å²) in [7, 11) is 0. The number of benzene rings is 1. The molecule has 0 heterocycles. The highest BCUT2D eigenvalue weighted by Gasteiger charge is 2.30. The Balaban J connectivity index is 2.26. The van der Waals surface area contributed by atoms with Crippen molar-refractivity contribution in [3.05, 3.63) is 39.4 Å². The first-order valence-electron chi connectivity index (χ1n) is 5.34. The lowest BCUT2D eigenvalue weighted by Gasteiger charge is -2.03. The Kier molecular flexibility index (Phi) is 2.73. The van der Waals surface area contributed by atoms with Crippen molar-refractivity contribution < 1.29 is 9.72 Å². The number of ketones is 1. The van der Waals surface area contributed by atoms with Gasteiger partial charge in [-0.1, -0.05) is 11.6 Å². The van der Waals surface area contributed by atoms with Crippen molar-refractivity contribution in [1.82, 2.24) is 0 Å². The largest absolute Gasteiger partial charge is 0.299 e. The number of hydrogen-bond donors (Lipinski definition) is 0. The van der Waals surface area contributed by atoms with E-state index >= 15 is 0 Å². The SMILES string of the molecule is Cc1ccc([N+](=O)[O-])c(CC(=O)C2CC2)c1. The van der Waals surface area contributed by atoms with Gasteiger partial charge in [0.2, 0.25) is 0 Å². The van der Waals surface area contributed by atoms with Crippen LogP contribution in [0.4, 0.5) is 5.69 Å². The van der Waals surface area contributed by atoms with Crippen LogP contribution in [0.15, 0.2) is 18.2 Å². The molecule has 0 aliphatic heterocycles. The minimum Gasteiger partial charge on any atom is -0.299 e. The molecule has 1 saturated carbocycles. The lowest BCUT2D eigenvalue weighted by molar-refractivity contribution is -0.385. The number of carbonyl (C=O) groups is 1. The maximum atomic E-state index is 11.6. The van der Waals surface area contributed by atoms with Gasteiger partial charge in [0.25, 0.3) is 5.69 Å². The van der Waals surface area contributed by atoms with Gasteiger partial charge in [-0.2, -0.15) is 0 Å². The van der Waals surface area contributed by atoms with Crippen molar-refractivity contribution in [3.8, 4) is 0 Å². The first-order chi connectivity index (χ1) is 7.58. The van der Waals surface area contributed by atoms with Crippen LogP contribution in [0, 0.1) is 23.0 Å². The van der Waals surface area contributed by atoms with Gasteiger partial charge in [0.15, 0.2) is 0 Å². The lowest BCUT2D eigenvalue weighted by atomic mass is 10.0. The molecule has 0 atom stereocenters. The molecule has 0 aromatic heterocycles. The fraction of sp³-hybridized carbons (Fsp3) is 0.417. The average Bonchev–Trinajstić information content (AvgIpc) is 2.99. The Morgan fingerprint density at radius 2 is 2.19 bits per heavy atom. The monoisotopic (exact) mass is 219 g/mol. The first kappa shape index (κ1) is 10.8. The van der Waals surface area contributed by atoms with Crippen LogP contribution in [-0.2, 0) is 11.2 Å². The molecule has 0 unspecified atom stereocenters. The molecule has 4 heteroatoms. The molecule has 0 N–H and O–H groups in total. The second-order valence-corrected chi connectivity index (χ2v) is 4.31. The summed E-state index contributed by atoms with van der Waals surface area (Å²) in [6.07, 6.45) is 2.08. The molecule has 0 radical (unpaired) electrons. The topological polar surface area (TPSA) is 60.2 Å². The zero-order valence-corrected chi connectivity index (χ0v) is 9.10. The molecule has 16 heavy (non-hydrogen) atoms. The zero-order valence-electron chi connectivity index (χ0n) is 9.10. The summed E-state index contributed by atoms with van der Waals surface area (Å²) in [6, 6.07) is 4.91. The third-order valence-corrected chi connectivity index (χ3v) is 2.83. The number of nitrogens with zero attached hydrogens (tertiary/aromatic N) is 1. The van der Waals surface area contributed by atoms with E-state index in [4.69, 9.17) is 0 Å². The van der Waals surface area contributed by atoms with Gasteiger partial charge in [0.05, 0.1) is 4.92 Å². The number of nitro benzene ring substituents is 1. The van der Waals surface area contributed by atoms with Crippen molar-refractivity contribution in [2.45, 2.75) is 26.2 Å². The summed E-state index contributed by atoms with van der Waals surface area (Å²) in [5.74, 6) is 0.286. The first-order valence-corrected chi connectivity index (χ1v) is 5.34. The number of Topliss-reactive ketones (excluding diaryl/α,β-unsaturated/α-hetero) is 1. The zero-order chi connectivity index (χ0) is 11.7. The summed E-state index contributed by atoms with van der Waals surface area (Å²) in [5.41, 5.74) is 1.55. The van der Waals surface area contributed by atoms with Crippen molar-refractivity contribution in [2.75, 3.05) is 0 Å². The minimum absolute atomic E-state index is 0.0552. The van der Waals surface area contributed by atoms with Gasteiger partial charge in [0.1, 0.15) is 5.78 Å². The van der Waals surface area contributed by atoms with Crippen molar-refractivity contribution in [3.63, 3.8) is 0 Å². The Labute approximate surface area is 93.4 Å². The van der Waals surface area contributed by atoms with Gasteiger partial charge < -0.3 is 0 Å². The number of aryl methyl sites for hydroxylation is 1. The van der Waals surface area contributed by atoms with E-state index in [9.17, 15) is 14.9 Å². The predicted molar refractivity (Wildman–Crippen MR) is 59.3 cm³/mol. The van der Waals surface area contributed by atoms with Crippen molar-refractivity contribution >= 4 is 11.5 Å². The highest BCUT2D eigenvalue weighted by molar-refractivity contribution is 5.86. The summed E-state index contributed by atoms with van der Waals surface area (Å²) in [6.45, 7) is 1.87. The van der Waals surface area contributed by atoms with Crippen LogP contribution >= 0.6 is 0 Å². The Morgan fingerprint density at radius 1 is 1.50 bits per heavy atom. The lowest BCUT2D eigenvalue weighted by Crippen LogP contribution is -2.07. The number of hydrogen-bond acceptors (Lipinski definition) is 3. The van der Waals surface area contributed by atoms with Crippen molar-refractivity contribution in [1.29, 1.82) is 0 Å². The minimum atomic E-state index is -0.422. The van der Waals surface area contributed by atoms with Crippen LogP contribution in [0.3, 0.4) is 0 Å². The fourth-order valence-electron chi connectivity index (χ4n) is 1.77. The van der Waals surface area contributed by atoms with Crippen molar-refractivity contribution in [2.24, 2.45) is 5.92 Å². The third kappa shape index (κ3) is 2.27. The molecule has 2 rings (SSSR count). The second kappa shape index (κ2) is 4.04. The van der Waals surface area contributed by atoms with Crippen LogP contribution in [0.25, 0.3) is 0 Å². The summed E-state index contributed by atoms with van der Waals surface area (Å²) in [4.78, 5) is 22.0. The average molecular weight is 219 g/mol. The van der Waals surface area contributed by atoms with E-state index in [1.165, 1.54) is 6.07 Å². The quantitative estimate of drug-likeness (QED) is 0.577. The molecule has 84 valence electrons. The maximum Gasteiger partial charge on any atom is 0.273 e. The molecule has 1 fully saturated rings. The Hall–Kier alpha value is -1.71. The molecule has 1 aromatic rings. The molecule has 1 aliphatic rings. The van der Waals surface area contributed by atoms with E-state index in [1.54, 1.807) is 12.1 Å². The molecule has 0 amide bonds. The molecule has 1 aromatic carbocycles. The van der Waals surface area contributed by atoms with Crippen LogP contribution < -0.4 is 0 Å². The van der Waals surface area contributed by atoms with Gasteiger partial charge in [0, 0.05) is 24.0 Å². The van der Waals surface area contributed by atoms with Gasteiger partial charge in [-0.15, -0.1) is 0 Å². The highest BCUT2D eigenvalue weighted by atomic mass is 16.6. The molecule has 0 bridgehead atoms. The van der Waals surface area contributed by atoms with Crippen LogP contribution in [0.5, 0.6) is 0 Å². The van der Waals surface area contributed by atoms with Crippen LogP contribution in [0.1, 0.15) is 24.0 Å². The molecule has 4 nitrogen and oxygen atoms in total. The van der Waals surface area contributed by atoms with Gasteiger partial charge >= 0.3 is 0 Å². The summed E-state index contributed by atoms with van der Waals surface area (Å²) in [5, 5.41) is 10.8. The van der Waals surface area contributed by atoms with E-state index in [-0.39, 0.29) is 23.8 Å². The third-order valence-electron chi connectivity index (χ3n) is 2.83. The van der Waals surface area contributed by atoms with Gasteiger partial charge in [-0.05, 0) is 25.8 Å². The standard InChI is InChI=1S/C12H13NO3/c1-8-2-5-11(13(15)16)10(6-8)7-12(14)9-3-4-9/h2,5-6,9H,3-4,7H2,1H3. The van der Waals surface area contributed by atoms with E-state index in [0.29, 0.717) is 5.56 Å². The molecular weight excluding hydrogens is 206 g/mol. The number of carbonyl (C=O) groups excluding carboxylic acids is 1. The van der Waals surface area contributed by atoms with E-state index in [0.717, 1.165) is 18.4 Å². The smallest absolute Gasteiger partial charge is 0.273 e.